The van der Waals surface area contributed by atoms with Gasteiger partial charge in [0.25, 0.3) is 10.0 Å². The van der Waals surface area contributed by atoms with Crippen LogP contribution < -0.4 is 0 Å². The molecule has 1 aromatic carbocycles. The van der Waals surface area contributed by atoms with Crippen molar-refractivity contribution in [2.24, 2.45) is 0 Å². The fraction of sp³-hybridized carbons (Fsp3) is 0.333. The lowest BCUT2D eigenvalue weighted by Gasteiger charge is -2.14. The van der Waals surface area contributed by atoms with Gasteiger partial charge < -0.3 is 4.74 Å². The summed E-state index contributed by atoms with van der Waals surface area (Å²) in [6, 6.07) is 5.29. The Balaban J connectivity index is 3.02. The lowest BCUT2D eigenvalue weighted by Crippen LogP contribution is -2.26. The zero-order valence-corrected chi connectivity index (χ0v) is 12.1. The van der Waals surface area contributed by atoms with Gasteiger partial charge in [0, 0.05) is 7.05 Å². The summed E-state index contributed by atoms with van der Waals surface area (Å²) in [5.41, 5.74) is 0.0387. The van der Waals surface area contributed by atoms with E-state index in [2.05, 4.69) is 4.84 Å². The van der Waals surface area contributed by atoms with E-state index >= 15 is 0 Å². The van der Waals surface area contributed by atoms with E-state index in [0.717, 1.165) is 6.07 Å². The van der Waals surface area contributed by atoms with E-state index in [1.807, 2.05) is 0 Å². The Morgan fingerprint density at radius 2 is 1.95 bits per heavy atom. The standard InChI is InChI=1S/C12H15NO6S/c1-9(14)8-19-12(15)10-5-4-6-11(7-10)20(16,17)13(2)18-3/h4-7H,8H2,1-3H3. The Bertz CT molecular complexity index is 610. The number of hydrogen-bond donors (Lipinski definition) is 0. The van der Waals surface area contributed by atoms with E-state index in [0.29, 0.717) is 4.47 Å². The number of Topliss-reactive ketones (excluding diaryl/α,β-unsaturated/α-hetero) is 1. The molecule has 1 aromatic rings. The fourth-order valence-corrected chi connectivity index (χ4v) is 2.30. The predicted octanol–water partition coefficient (Wildman–Crippen LogP) is 0.614. The van der Waals surface area contributed by atoms with Gasteiger partial charge in [-0.3, -0.25) is 9.63 Å². The van der Waals surface area contributed by atoms with Crippen LogP contribution in [0.2, 0.25) is 0 Å². The van der Waals surface area contributed by atoms with Crippen LogP contribution in [0, 0.1) is 0 Å². The predicted molar refractivity (Wildman–Crippen MR) is 69.4 cm³/mol. The van der Waals surface area contributed by atoms with Crippen LogP contribution in [0.15, 0.2) is 29.2 Å². The maximum atomic E-state index is 12.0. The first-order valence-corrected chi connectivity index (χ1v) is 7.02. The number of sulfonamides is 1. The minimum absolute atomic E-state index is 0.0387. The van der Waals surface area contributed by atoms with E-state index in [4.69, 9.17) is 4.74 Å². The molecule has 110 valence electrons. The summed E-state index contributed by atoms with van der Waals surface area (Å²) in [5.74, 6) is -1.07. The van der Waals surface area contributed by atoms with Gasteiger partial charge in [0.2, 0.25) is 0 Å². The van der Waals surface area contributed by atoms with Crippen LogP contribution >= 0.6 is 0 Å². The maximum Gasteiger partial charge on any atom is 0.338 e. The topological polar surface area (TPSA) is 90.0 Å². The summed E-state index contributed by atoms with van der Waals surface area (Å²) in [4.78, 5) is 26.9. The highest BCUT2D eigenvalue weighted by atomic mass is 32.2. The highest BCUT2D eigenvalue weighted by Gasteiger charge is 2.22. The Morgan fingerprint density at radius 1 is 1.30 bits per heavy atom. The Hall–Kier alpha value is -1.77. The van der Waals surface area contributed by atoms with Gasteiger partial charge in [-0.25, -0.2) is 13.2 Å². The van der Waals surface area contributed by atoms with Crippen molar-refractivity contribution >= 4 is 21.8 Å². The monoisotopic (exact) mass is 301 g/mol. The molecule has 0 unspecified atom stereocenters. The lowest BCUT2D eigenvalue weighted by molar-refractivity contribution is -0.120. The molecule has 0 heterocycles. The van der Waals surface area contributed by atoms with Crippen molar-refractivity contribution in [2.45, 2.75) is 11.8 Å². The van der Waals surface area contributed by atoms with Gasteiger partial charge in [0.05, 0.1) is 17.6 Å². The first-order chi connectivity index (χ1) is 9.28. The van der Waals surface area contributed by atoms with E-state index < -0.39 is 16.0 Å². The van der Waals surface area contributed by atoms with Crippen molar-refractivity contribution in [1.29, 1.82) is 0 Å². The smallest absolute Gasteiger partial charge is 0.338 e. The number of ether oxygens (including phenoxy) is 1. The number of ketones is 1. The Labute approximate surface area is 117 Å². The molecule has 8 heteroatoms. The number of esters is 1. The van der Waals surface area contributed by atoms with E-state index in [9.17, 15) is 18.0 Å². The minimum Gasteiger partial charge on any atom is -0.454 e. The van der Waals surface area contributed by atoms with Crippen molar-refractivity contribution in [3.05, 3.63) is 29.8 Å². The molecule has 0 spiro atoms. The SMILES string of the molecule is CON(C)S(=O)(=O)c1cccc(C(=O)OCC(C)=O)c1. The van der Waals surface area contributed by atoms with Crippen molar-refractivity contribution in [1.82, 2.24) is 4.47 Å². The maximum absolute atomic E-state index is 12.0. The number of hydrogen-bond acceptors (Lipinski definition) is 6. The second-order valence-electron chi connectivity index (χ2n) is 3.90. The molecule has 0 radical (unpaired) electrons. The van der Waals surface area contributed by atoms with Crippen molar-refractivity contribution in [3.63, 3.8) is 0 Å². The van der Waals surface area contributed by atoms with Crippen LogP contribution in [-0.2, 0) is 24.4 Å². The molecule has 0 aliphatic carbocycles. The molecule has 0 amide bonds. The molecule has 0 N–H and O–H groups in total. The number of carbonyl (C=O) groups excluding carboxylic acids is 2. The second-order valence-corrected chi connectivity index (χ2v) is 5.84. The number of carbonyl (C=O) groups is 2. The van der Waals surface area contributed by atoms with E-state index in [1.165, 1.54) is 39.3 Å². The summed E-state index contributed by atoms with van der Waals surface area (Å²) in [5, 5.41) is 0. The second kappa shape index (κ2) is 6.60. The molecule has 0 saturated carbocycles. The molecule has 0 aliphatic rings. The highest BCUT2D eigenvalue weighted by molar-refractivity contribution is 7.89. The van der Waals surface area contributed by atoms with E-state index in [-0.39, 0.29) is 22.8 Å². The zero-order valence-electron chi connectivity index (χ0n) is 11.3. The van der Waals surface area contributed by atoms with Crippen molar-refractivity contribution < 1.29 is 27.6 Å². The Kier molecular flexibility index (Phi) is 5.37. The quantitative estimate of drug-likeness (QED) is 0.565. The third-order valence-electron chi connectivity index (χ3n) is 2.37. The first-order valence-electron chi connectivity index (χ1n) is 5.58. The van der Waals surface area contributed by atoms with Crippen LogP contribution in [0.4, 0.5) is 0 Å². The normalized spacial score (nSPS) is 11.4. The number of nitrogens with zero attached hydrogens (tertiary/aromatic N) is 1. The summed E-state index contributed by atoms with van der Waals surface area (Å²) in [6.45, 7) is 0.926. The Morgan fingerprint density at radius 3 is 2.50 bits per heavy atom. The number of hydroxylamine groups is 1. The molecule has 20 heavy (non-hydrogen) atoms. The fourth-order valence-electron chi connectivity index (χ4n) is 1.28. The van der Waals surface area contributed by atoms with Gasteiger partial charge in [-0.05, 0) is 25.1 Å². The molecule has 0 aromatic heterocycles. The molecule has 7 nitrogen and oxygen atoms in total. The average Bonchev–Trinajstić information content (AvgIpc) is 2.43. The van der Waals surface area contributed by atoms with Crippen LogP contribution in [0.5, 0.6) is 0 Å². The van der Waals surface area contributed by atoms with Gasteiger partial charge in [-0.1, -0.05) is 10.5 Å². The minimum atomic E-state index is -3.84. The summed E-state index contributed by atoms with van der Waals surface area (Å²) in [6.07, 6.45) is 0. The van der Waals surface area contributed by atoms with Gasteiger partial charge in [-0.2, -0.15) is 0 Å². The summed E-state index contributed by atoms with van der Waals surface area (Å²) >= 11 is 0. The van der Waals surface area contributed by atoms with Crippen LogP contribution in [0.1, 0.15) is 17.3 Å². The van der Waals surface area contributed by atoms with Crippen LogP contribution in [-0.4, -0.2) is 45.4 Å². The largest absolute Gasteiger partial charge is 0.454 e. The van der Waals surface area contributed by atoms with Gasteiger partial charge >= 0.3 is 5.97 Å². The highest BCUT2D eigenvalue weighted by Crippen LogP contribution is 2.16. The number of rotatable bonds is 6. The molecule has 0 bridgehead atoms. The average molecular weight is 301 g/mol. The summed E-state index contributed by atoms with van der Waals surface area (Å²) < 4.78 is 29.4. The molecule has 1 rings (SSSR count). The first kappa shape index (κ1) is 16.3. The molecular formula is C12H15NO6S. The molecule has 0 saturated heterocycles. The molecule has 0 aliphatic heterocycles. The molecular weight excluding hydrogens is 286 g/mol. The van der Waals surface area contributed by atoms with Crippen molar-refractivity contribution in [3.8, 4) is 0 Å². The molecule has 0 fully saturated rings. The van der Waals surface area contributed by atoms with E-state index in [1.54, 1.807) is 0 Å². The van der Waals surface area contributed by atoms with Crippen LogP contribution in [0.25, 0.3) is 0 Å². The third kappa shape index (κ3) is 3.86. The van der Waals surface area contributed by atoms with Gasteiger partial charge in [0.1, 0.15) is 6.61 Å². The lowest BCUT2D eigenvalue weighted by atomic mass is 10.2. The van der Waals surface area contributed by atoms with Crippen LogP contribution in [0.3, 0.4) is 0 Å². The zero-order chi connectivity index (χ0) is 15.3. The third-order valence-corrected chi connectivity index (χ3v) is 4.05. The van der Waals surface area contributed by atoms with Gasteiger partial charge in [0.15, 0.2) is 5.78 Å². The van der Waals surface area contributed by atoms with Gasteiger partial charge in [-0.15, -0.1) is 0 Å². The summed E-state index contributed by atoms with van der Waals surface area (Å²) in [7, 11) is -1.40. The molecule has 0 atom stereocenters. The number of benzene rings is 1. The van der Waals surface area contributed by atoms with Crippen molar-refractivity contribution in [2.75, 3.05) is 20.8 Å².